The van der Waals surface area contributed by atoms with Gasteiger partial charge < -0.3 is 15.8 Å². The van der Waals surface area contributed by atoms with Crippen LogP contribution < -0.4 is 15.8 Å². The molecule has 4 nitrogen and oxygen atoms in total. The fourth-order valence-electron chi connectivity index (χ4n) is 2.58. The predicted molar refractivity (Wildman–Crippen MR) is 96.9 cm³/mol. The van der Waals surface area contributed by atoms with E-state index >= 15 is 0 Å². The van der Waals surface area contributed by atoms with E-state index in [2.05, 4.69) is 17.4 Å². The molecule has 0 aromatic heterocycles. The van der Waals surface area contributed by atoms with Gasteiger partial charge in [0.1, 0.15) is 5.75 Å². The largest absolute Gasteiger partial charge is 0.497 e. The molecule has 0 aliphatic heterocycles. The first-order valence-corrected chi connectivity index (χ1v) is 8.33. The van der Waals surface area contributed by atoms with Crippen LogP contribution in [0, 0.1) is 5.92 Å². The van der Waals surface area contributed by atoms with Gasteiger partial charge in [-0.05, 0) is 36.1 Å². The van der Waals surface area contributed by atoms with E-state index in [1.807, 2.05) is 49.4 Å². The van der Waals surface area contributed by atoms with Crippen LogP contribution in [0.15, 0.2) is 54.6 Å². The molecule has 2 rings (SSSR count). The van der Waals surface area contributed by atoms with Gasteiger partial charge in [0.2, 0.25) is 5.91 Å². The van der Waals surface area contributed by atoms with E-state index in [4.69, 9.17) is 10.5 Å². The van der Waals surface area contributed by atoms with Crippen LogP contribution >= 0.6 is 0 Å². The molecule has 0 spiro atoms. The quantitative estimate of drug-likeness (QED) is 0.733. The second-order valence-corrected chi connectivity index (χ2v) is 5.97. The van der Waals surface area contributed by atoms with Crippen molar-refractivity contribution in [3.63, 3.8) is 0 Å². The third kappa shape index (κ3) is 5.10. The summed E-state index contributed by atoms with van der Waals surface area (Å²) in [6.45, 7) is 2.52. The van der Waals surface area contributed by atoms with Crippen molar-refractivity contribution in [2.45, 2.75) is 25.8 Å². The van der Waals surface area contributed by atoms with Crippen molar-refractivity contribution in [2.24, 2.45) is 11.7 Å². The third-order valence-corrected chi connectivity index (χ3v) is 4.24. The summed E-state index contributed by atoms with van der Waals surface area (Å²) >= 11 is 0. The number of ether oxygens (including phenoxy) is 1. The number of carbonyl (C=O) groups is 1. The number of hydrogen-bond donors (Lipinski definition) is 2. The smallest absolute Gasteiger partial charge is 0.224 e. The molecular formula is C20H26N2O2. The van der Waals surface area contributed by atoms with E-state index in [1.54, 1.807) is 7.11 Å². The number of nitrogens with two attached hydrogens (primary N) is 1. The first kappa shape index (κ1) is 18.0. The molecule has 0 saturated carbocycles. The van der Waals surface area contributed by atoms with E-state index in [9.17, 15) is 4.79 Å². The fraction of sp³-hybridized carbons (Fsp3) is 0.350. The number of rotatable bonds is 8. The molecule has 128 valence electrons. The van der Waals surface area contributed by atoms with Gasteiger partial charge in [-0.25, -0.2) is 0 Å². The number of amides is 1. The fourth-order valence-corrected chi connectivity index (χ4v) is 2.58. The summed E-state index contributed by atoms with van der Waals surface area (Å²) in [5.41, 5.74) is 8.41. The van der Waals surface area contributed by atoms with Crippen molar-refractivity contribution >= 4 is 5.91 Å². The lowest BCUT2D eigenvalue weighted by molar-refractivity contribution is -0.125. The van der Waals surface area contributed by atoms with Gasteiger partial charge in [-0.2, -0.15) is 0 Å². The van der Waals surface area contributed by atoms with E-state index < -0.39 is 0 Å². The molecule has 0 bridgehead atoms. The normalized spacial score (nSPS) is 13.1. The number of aryl methyl sites for hydroxylation is 1. The molecule has 0 aliphatic rings. The minimum Gasteiger partial charge on any atom is -0.497 e. The maximum atomic E-state index is 12.2. The molecule has 4 heteroatoms. The summed E-state index contributed by atoms with van der Waals surface area (Å²) in [6.07, 6.45) is 1.81. The average Bonchev–Trinajstić information content (AvgIpc) is 2.65. The van der Waals surface area contributed by atoms with Crippen molar-refractivity contribution in [3.8, 4) is 5.75 Å². The lowest BCUT2D eigenvalue weighted by atomic mass is 9.94. The lowest BCUT2D eigenvalue weighted by Crippen LogP contribution is -2.36. The zero-order valence-electron chi connectivity index (χ0n) is 14.4. The Balaban J connectivity index is 1.74. The van der Waals surface area contributed by atoms with Gasteiger partial charge in [-0.3, -0.25) is 4.79 Å². The Hall–Kier alpha value is -2.33. The summed E-state index contributed by atoms with van der Waals surface area (Å²) in [6, 6.07) is 17.5. The van der Waals surface area contributed by atoms with Crippen molar-refractivity contribution in [1.29, 1.82) is 0 Å². The van der Waals surface area contributed by atoms with Gasteiger partial charge in [0.05, 0.1) is 13.0 Å². The molecule has 3 N–H and O–H groups in total. The van der Waals surface area contributed by atoms with Gasteiger partial charge in [0, 0.05) is 12.6 Å². The predicted octanol–water partition coefficient (Wildman–Crippen LogP) is 3.08. The minimum absolute atomic E-state index is 0.00100. The van der Waals surface area contributed by atoms with E-state index in [-0.39, 0.29) is 17.9 Å². The van der Waals surface area contributed by atoms with Crippen LogP contribution in [0.4, 0.5) is 0 Å². The Bertz CT molecular complexity index is 626. The Morgan fingerprint density at radius 2 is 1.79 bits per heavy atom. The highest BCUT2D eigenvalue weighted by Crippen LogP contribution is 2.19. The van der Waals surface area contributed by atoms with Gasteiger partial charge in [-0.1, -0.05) is 49.4 Å². The molecule has 2 atom stereocenters. The molecule has 0 heterocycles. The topological polar surface area (TPSA) is 64.3 Å². The number of benzene rings is 2. The maximum Gasteiger partial charge on any atom is 0.224 e. The van der Waals surface area contributed by atoms with Gasteiger partial charge >= 0.3 is 0 Å². The van der Waals surface area contributed by atoms with Crippen LogP contribution in [0.2, 0.25) is 0 Å². The summed E-state index contributed by atoms with van der Waals surface area (Å²) in [5, 5.41) is 2.98. The highest BCUT2D eigenvalue weighted by molar-refractivity contribution is 5.79. The molecule has 0 saturated heterocycles. The standard InChI is InChI=1S/C20H26N2O2/c1-15(19(21)17-8-4-3-5-9-17)20(23)22-14-6-7-16-10-12-18(24-2)13-11-16/h3-5,8-13,15,19H,6-7,14,21H2,1-2H3,(H,22,23). The average molecular weight is 326 g/mol. The van der Waals surface area contributed by atoms with Crippen LogP contribution in [0.25, 0.3) is 0 Å². The molecular weight excluding hydrogens is 300 g/mol. The first-order valence-electron chi connectivity index (χ1n) is 8.33. The van der Waals surface area contributed by atoms with Gasteiger partial charge in [0.15, 0.2) is 0 Å². The first-order chi connectivity index (χ1) is 11.6. The molecule has 2 unspecified atom stereocenters. The highest BCUT2D eigenvalue weighted by atomic mass is 16.5. The monoisotopic (exact) mass is 326 g/mol. The van der Waals surface area contributed by atoms with E-state index in [0.717, 1.165) is 24.2 Å². The van der Waals surface area contributed by atoms with Crippen LogP contribution in [-0.4, -0.2) is 19.6 Å². The summed E-state index contributed by atoms with van der Waals surface area (Å²) < 4.78 is 5.14. The van der Waals surface area contributed by atoms with Crippen LogP contribution in [0.1, 0.15) is 30.5 Å². The number of hydrogen-bond acceptors (Lipinski definition) is 3. The Morgan fingerprint density at radius 1 is 1.12 bits per heavy atom. The van der Waals surface area contributed by atoms with Crippen LogP contribution in [0.5, 0.6) is 5.75 Å². The highest BCUT2D eigenvalue weighted by Gasteiger charge is 2.21. The number of methoxy groups -OCH3 is 1. The van der Waals surface area contributed by atoms with Crippen molar-refractivity contribution in [3.05, 3.63) is 65.7 Å². The Morgan fingerprint density at radius 3 is 2.42 bits per heavy atom. The second kappa shape index (κ2) is 9.08. The zero-order valence-corrected chi connectivity index (χ0v) is 14.4. The van der Waals surface area contributed by atoms with E-state index in [1.165, 1.54) is 5.56 Å². The van der Waals surface area contributed by atoms with Crippen LogP contribution in [-0.2, 0) is 11.2 Å². The Kier molecular flexibility index (Phi) is 6.82. The molecule has 1 amide bonds. The number of nitrogens with one attached hydrogen (secondary N) is 1. The second-order valence-electron chi connectivity index (χ2n) is 5.97. The van der Waals surface area contributed by atoms with Crippen molar-refractivity contribution in [1.82, 2.24) is 5.32 Å². The zero-order chi connectivity index (χ0) is 17.4. The van der Waals surface area contributed by atoms with Crippen molar-refractivity contribution < 1.29 is 9.53 Å². The summed E-state index contributed by atoms with van der Waals surface area (Å²) in [4.78, 5) is 12.2. The third-order valence-electron chi connectivity index (χ3n) is 4.24. The number of carbonyl (C=O) groups excluding carboxylic acids is 1. The molecule has 2 aromatic carbocycles. The molecule has 0 radical (unpaired) electrons. The maximum absolute atomic E-state index is 12.2. The molecule has 0 aliphatic carbocycles. The SMILES string of the molecule is COc1ccc(CCCNC(=O)C(C)C(N)c2ccccc2)cc1. The van der Waals surface area contributed by atoms with Gasteiger partial charge in [-0.15, -0.1) is 0 Å². The van der Waals surface area contributed by atoms with Crippen LogP contribution in [0.3, 0.4) is 0 Å². The molecule has 2 aromatic rings. The Labute approximate surface area is 144 Å². The summed E-state index contributed by atoms with van der Waals surface area (Å²) in [5.74, 6) is 0.602. The van der Waals surface area contributed by atoms with Crippen molar-refractivity contribution in [2.75, 3.05) is 13.7 Å². The summed E-state index contributed by atoms with van der Waals surface area (Å²) in [7, 11) is 1.66. The minimum atomic E-state index is -0.284. The van der Waals surface area contributed by atoms with E-state index in [0.29, 0.717) is 6.54 Å². The lowest BCUT2D eigenvalue weighted by Gasteiger charge is -2.19. The van der Waals surface area contributed by atoms with Gasteiger partial charge in [0.25, 0.3) is 0 Å². The molecule has 0 fully saturated rings. The molecule has 24 heavy (non-hydrogen) atoms.